The number of piperidine rings is 1. The fourth-order valence-electron chi connectivity index (χ4n) is 4.64. The first kappa shape index (κ1) is 28.0. The molecule has 1 atom stereocenters. The molecule has 0 spiro atoms. The van der Waals surface area contributed by atoms with Crippen molar-refractivity contribution in [3.05, 3.63) is 52.4 Å². The Morgan fingerprint density at radius 2 is 1.87 bits per heavy atom. The molecule has 1 aliphatic heterocycles. The van der Waals surface area contributed by atoms with Crippen molar-refractivity contribution in [2.24, 2.45) is 0 Å². The largest absolute Gasteiger partial charge is 0.444 e. The topological polar surface area (TPSA) is 136 Å². The minimum Gasteiger partial charge on any atom is -0.444 e. The van der Waals surface area contributed by atoms with Gasteiger partial charge in [-0.1, -0.05) is 12.1 Å². The van der Waals surface area contributed by atoms with E-state index in [2.05, 4.69) is 21.5 Å². The lowest BCUT2D eigenvalue weighted by atomic mass is 9.85. The van der Waals surface area contributed by atoms with Crippen LogP contribution in [0.15, 0.2) is 41.3 Å². The number of fused-ring (bicyclic) bond motifs is 1. The van der Waals surface area contributed by atoms with Crippen molar-refractivity contribution in [3.63, 3.8) is 0 Å². The van der Waals surface area contributed by atoms with E-state index in [-0.39, 0.29) is 23.2 Å². The third kappa shape index (κ3) is 5.85. The molecule has 0 unspecified atom stereocenters. The summed E-state index contributed by atoms with van der Waals surface area (Å²) >= 11 is 0. The molecule has 208 valence electrons. The van der Waals surface area contributed by atoms with Crippen LogP contribution in [0.4, 0.5) is 29.5 Å². The molecule has 0 aliphatic carbocycles. The van der Waals surface area contributed by atoms with E-state index < -0.39 is 35.1 Å². The molecule has 2 aromatic heterocycles. The van der Waals surface area contributed by atoms with Gasteiger partial charge in [-0.25, -0.2) is 4.79 Å². The normalized spacial score (nSPS) is 16.5. The summed E-state index contributed by atoms with van der Waals surface area (Å²) in [5.41, 5.74) is -1.43. The number of halogens is 3. The molecule has 39 heavy (non-hydrogen) atoms. The number of aliphatic hydroxyl groups is 1. The highest BCUT2D eigenvalue weighted by atomic mass is 19.4. The molecular weight excluding hydrogens is 517 g/mol. The Bertz CT molecular complexity index is 1440. The number of hydrogen-bond donors (Lipinski definition) is 3. The number of rotatable bonds is 5. The Hall–Kier alpha value is -4.05. The molecule has 0 bridgehead atoms. The van der Waals surface area contributed by atoms with Gasteiger partial charge < -0.3 is 25.0 Å². The number of H-pyrrole nitrogens is 1. The maximum atomic E-state index is 12.9. The number of aromatic nitrogens is 3. The first-order valence-electron chi connectivity index (χ1n) is 12.3. The van der Waals surface area contributed by atoms with Crippen molar-refractivity contribution in [1.82, 2.24) is 19.7 Å². The Labute approximate surface area is 222 Å². The number of anilines is 2. The predicted octanol–water partition coefficient (Wildman–Crippen LogP) is 4.70. The average Bonchev–Trinajstić information content (AvgIpc) is 3.23. The Morgan fingerprint density at radius 3 is 2.44 bits per heavy atom. The maximum absolute atomic E-state index is 12.9. The average molecular weight is 547 g/mol. The van der Waals surface area contributed by atoms with E-state index >= 15 is 0 Å². The molecular formula is C26H29F3N6O4. The zero-order chi connectivity index (χ0) is 28.6. The quantitative estimate of drug-likeness (QED) is 0.422. The van der Waals surface area contributed by atoms with Crippen molar-refractivity contribution in [3.8, 4) is 6.07 Å². The maximum Gasteiger partial charge on any atom is 0.418 e. The van der Waals surface area contributed by atoms with Crippen LogP contribution in [0.5, 0.6) is 0 Å². The lowest BCUT2D eigenvalue weighted by Crippen LogP contribution is -2.49. The van der Waals surface area contributed by atoms with Crippen LogP contribution >= 0.6 is 0 Å². The van der Waals surface area contributed by atoms with E-state index in [4.69, 9.17) is 4.74 Å². The van der Waals surface area contributed by atoms with Gasteiger partial charge in [0.15, 0.2) is 11.9 Å². The number of nitrogens with zero attached hydrogens (tertiary/aromatic N) is 4. The van der Waals surface area contributed by atoms with Gasteiger partial charge in [-0.3, -0.25) is 9.48 Å². The van der Waals surface area contributed by atoms with Crippen molar-refractivity contribution >= 4 is 28.5 Å². The molecule has 0 radical (unpaired) electrons. The summed E-state index contributed by atoms with van der Waals surface area (Å²) in [7, 11) is 0. The number of nitrogens with one attached hydrogen (secondary N) is 2. The van der Waals surface area contributed by atoms with Gasteiger partial charge >= 0.3 is 12.3 Å². The van der Waals surface area contributed by atoms with E-state index in [9.17, 15) is 33.1 Å². The SMILES string of the molecule is CC(C)(C)OC(=O)N1CCC(CC#N)(n2nc(Nc3ccc([C@H](O)C(F)(F)F)cc3)c3c(=O)[nH]ccc32)CC1. The number of carbonyl (C=O) groups is 1. The van der Waals surface area contributed by atoms with E-state index in [1.165, 1.54) is 18.3 Å². The van der Waals surface area contributed by atoms with Crippen LogP contribution in [-0.2, 0) is 10.3 Å². The fourth-order valence-corrected chi connectivity index (χ4v) is 4.64. The van der Waals surface area contributed by atoms with Gasteiger partial charge in [-0.2, -0.15) is 23.5 Å². The molecule has 1 amide bonds. The van der Waals surface area contributed by atoms with Crippen molar-refractivity contribution in [2.45, 2.75) is 63.5 Å². The predicted molar refractivity (Wildman–Crippen MR) is 136 cm³/mol. The molecule has 0 saturated carbocycles. The molecule has 4 rings (SSSR count). The third-order valence-corrected chi connectivity index (χ3v) is 6.61. The fraction of sp³-hybridized carbons (Fsp3) is 0.462. The van der Waals surface area contributed by atoms with Crippen LogP contribution in [0, 0.1) is 11.3 Å². The summed E-state index contributed by atoms with van der Waals surface area (Å²) < 4.78 is 45.7. The number of amides is 1. The Balaban J connectivity index is 1.66. The number of aliphatic hydroxyl groups excluding tert-OH is 1. The smallest absolute Gasteiger partial charge is 0.418 e. The molecule has 13 heteroatoms. The van der Waals surface area contributed by atoms with Gasteiger partial charge in [-0.15, -0.1) is 0 Å². The number of ether oxygens (including phenoxy) is 1. The summed E-state index contributed by atoms with van der Waals surface area (Å²) in [5.74, 6) is 0.155. The first-order chi connectivity index (χ1) is 18.2. The Kier molecular flexibility index (Phi) is 7.36. The number of nitriles is 1. The monoisotopic (exact) mass is 546 g/mol. The number of alkyl halides is 3. The molecule has 3 aromatic rings. The summed E-state index contributed by atoms with van der Waals surface area (Å²) in [6, 6.07) is 8.83. The van der Waals surface area contributed by atoms with Gasteiger partial charge in [0.25, 0.3) is 5.56 Å². The van der Waals surface area contributed by atoms with Crippen LogP contribution in [-0.4, -0.2) is 55.7 Å². The van der Waals surface area contributed by atoms with Crippen molar-refractivity contribution < 1.29 is 27.8 Å². The van der Waals surface area contributed by atoms with Gasteiger partial charge in [0.05, 0.1) is 23.5 Å². The number of benzene rings is 1. The van der Waals surface area contributed by atoms with Gasteiger partial charge in [0, 0.05) is 25.0 Å². The van der Waals surface area contributed by atoms with E-state index in [1.54, 1.807) is 36.4 Å². The van der Waals surface area contributed by atoms with Gasteiger partial charge in [0.2, 0.25) is 0 Å². The lowest BCUT2D eigenvalue weighted by Gasteiger charge is -2.41. The van der Waals surface area contributed by atoms with Crippen LogP contribution in [0.2, 0.25) is 0 Å². The number of aromatic amines is 1. The number of carbonyl (C=O) groups excluding carboxylic acids is 1. The van der Waals surface area contributed by atoms with Crippen LogP contribution in [0.3, 0.4) is 0 Å². The molecule has 1 aliphatic rings. The molecule has 3 heterocycles. The van der Waals surface area contributed by atoms with Gasteiger partial charge in [0.1, 0.15) is 11.0 Å². The number of likely N-dealkylation sites (tertiary alicyclic amines) is 1. The van der Waals surface area contributed by atoms with Crippen molar-refractivity contribution in [1.29, 1.82) is 5.26 Å². The minimum atomic E-state index is -4.80. The zero-order valence-electron chi connectivity index (χ0n) is 21.7. The van der Waals surface area contributed by atoms with Gasteiger partial charge in [-0.05, 0) is 57.4 Å². The standard InChI is InChI=1S/C26H29F3N6O4/c1-24(2,3)39-23(38)34-14-10-25(9-12-30,11-15-34)35-18-8-13-31-22(37)19(18)21(33-35)32-17-6-4-16(5-7-17)20(36)26(27,28)29/h4-8,13,20,36H,9-11,14-15H2,1-3H3,(H,31,37)(H,32,33)/t20-/m0/s1. The second kappa shape index (κ2) is 10.3. The van der Waals surface area contributed by atoms with Crippen LogP contribution in [0.1, 0.15) is 51.7 Å². The highest BCUT2D eigenvalue weighted by molar-refractivity contribution is 5.91. The highest BCUT2D eigenvalue weighted by Crippen LogP contribution is 2.38. The zero-order valence-corrected chi connectivity index (χ0v) is 21.7. The summed E-state index contributed by atoms with van der Waals surface area (Å²) in [6.07, 6.45) is -5.56. The molecule has 1 saturated heterocycles. The lowest BCUT2D eigenvalue weighted by molar-refractivity contribution is -0.206. The number of pyridine rings is 1. The summed E-state index contributed by atoms with van der Waals surface area (Å²) in [5, 5.41) is 27.0. The van der Waals surface area contributed by atoms with Crippen LogP contribution in [0.25, 0.3) is 10.9 Å². The minimum absolute atomic E-state index is 0.0716. The summed E-state index contributed by atoms with van der Waals surface area (Å²) in [4.78, 5) is 29.6. The molecule has 10 nitrogen and oxygen atoms in total. The molecule has 3 N–H and O–H groups in total. The third-order valence-electron chi connectivity index (χ3n) is 6.61. The van der Waals surface area contributed by atoms with E-state index in [1.807, 2.05) is 0 Å². The Morgan fingerprint density at radius 1 is 1.23 bits per heavy atom. The second-order valence-corrected chi connectivity index (χ2v) is 10.5. The number of hydrogen-bond acceptors (Lipinski definition) is 7. The van der Waals surface area contributed by atoms with Crippen LogP contribution < -0.4 is 10.9 Å². The molecule has 1 aromatic carbocycles. The summed E-state index contributed by atoms with van der Waals surface area (Å²) in [6.45, 7) is 5.97. The van der Waals surface area contributed by atoms with E-state index in [0.29, 0.717) is 37.1 Å². The van der Waals surface area contributed by atoms with E-state index in [0.717, 1.165) is 12.1 Å². The first-order valence-corrected chi connectivity index (χ1v) is 12.3. The van der Waals surface area contributed by atoms with Crippen molar-refractivity contribution in [2.75, 3.05) is 18.4 Å². The highest BCUT2D eigenvalue weighted by Gasteiger charge is 2.41. The second-order valence-electron chi connectivity index (χ2n) is 10.5. The molecule has 1 fully saturated rings.